The van der Waals surface area contributed by atoms with Crippen LogP contribution in [0.3, 0.4) is 0 Å². The summed E-state index contributed by atoms with van der Waals surface area (Å²) >= 11 is 0. The summed E-state index contributed by atoms with van der Waals surface area (Å²) in [5, 5.41) is 3.23. The first-order valence-electron chi connectivity index (χ1n) is 8.60. The number of carbonyl (C=O) groups is 1. The molecule has 0 atom stereocenters. The van der Waals surface area contributed by atoms with Gasteiger partial charge < -0.3 is 10.2 Å². The van der Waals surface area contributed by atoms with Gasteiger partial charge in [-0.05, 0) is 49.9 Å². The third-order valence-electron chi connectivity index (χ3n) is 4.41. The molecular formula is C19H24N4O. The van der Waals surface area contributed by atoms with Crippen molar-refractivity contribution in [2.75, 3.05) is 18.4 Å². The van der Waals surface area contributed by atoms with E-state index >= 15 is 0 Å². The zero-order valence-corrected chi connectivity index (χ0v) is 14.4. The van der Waals surface area contributed by atoms with Crippen LogP contribution in [0, 0.1) is 13.8 Å². The SMILES string of the molecule is Cc1ccc(C)c(Nc2nccc(C(=O)N3CCCCCC3)n2)c1. The Hall–Kier alpha value is -2.43. The minimum absolute atomic E-state index is 0.00307. The minimum atomic E-state index is 0.00307. The Morgan fingerprint density at radius 3 is 2.58 bits per heavy atom. The molecule has 5 nitrogen and oxygen atoms in total. The molecule has 1 aliphatic heterocycles. The number of nitrogens with zero attached hydrogens (tertiary/aromatic N) is 3. The van der Waals surface area contributed by atoms with Crippen molar-refractivity contribution in [2.45, 2.75) is 39.5 Å². The first-order valence-corrected chi connectivity index (χ1v) is 8.60. The summed E-state index contributed by atoms with van der Waals surface area (Å²) in [7, 11) is 0. The van der Waals surface area contributed by atoms with E-state index in [1.165, 1.54) is 18.4 Å². The number of carbonyl (C=O) groups excluding carboxylic acids is 1. The van der Waals surface area contributed by atoms with Crippen molar-refractivity contribution in [3.63, 3.8) is 0 Å². The van der Waals surface area contributed by atoms with Gasteiger partial charge in [-0.1, -0.05) is 25.0 Å². The smallest absolute Gasteiger partial charge is 0.272 e. The maximum absolute atomic E-state index is 12.7. The highest BCUT2D eigenvalue weighted by atomic mass is 16.2. The van der Waals surface area contributed by atoms with Crippen molar-refractivity contribution < 1.29 is 4.79 Å². The van der Waals surface area contributed by atoms with Gasteiger partial charge in [-0.15, -0.1) is 0 Å². The fourth-order valence-electron chi connectivity index (χ4n) is 2.96. The van der Waals surface area contributed by atoms with Gasteiger partial charge in [-0.2, -0.15) is 0 Å². The Morgan fingerprint density at radius 1 is 1.08 bits per heavy atom. The molecule has 2 aromatic rings. The molecule has 24 heavy (non-hydrogen) atoms. The number of anilines is 2. The molecule has 0 radical (unpaired) electrons. The van der Waals surface area contributed by atoms with Crippen LogP contribution in [0.4, 0.5) is 11.6 Å². The van der Waals surface area contributed by atoms with Crippen LogP contribution in [-0.4, -0.2) is 33.9 Å². The second kappa shape index (κ2) is 7.43. The van der Waals surface area contributed by atoms with Gasteiger partial charge in [0.1, 0.15) is 5.69 Å². The highest BCUT2D eigenvalue weighted by Crippen LogP contribution is 2.20. The average Bonchev–Trinajstić information content (AvgIpc) is 2.87. The predicted molar refractivity (Wildman–Crippen MR) is 95.6 cm³/mol. The quantitative estimate of drug-likeness (QED) is 0.931. The van der Waals surface area contributed by atoms with E-state index in [1.54, 1.807) is 12.3 Å². The van der Waals surface area contributed by atoms with E-state index in [9.17, 15) is 4.79 Å². The van der Waals surface area contributed by atoms with Gasteiger partial charge in [0.2, 0.25) is 5.95 Å². The van der Waals surface area contributed by atoms with Crippen molar-refractivity contribution in [1.29, 1.82) is 0 Å². The molecule has 5 heteroatoms. The lowest BCUT2D eigenvalue weighted by Gasteiger charge is -2.19. The molecule has 3 rings (SSSR count). The number of hydrogen-bond donors (Lipinski definition) is 1. The lowest BCUT2D eigenvalue weighted by molar-refractivity contribution is 0.0755. The van der Waals surface area contributed by atoms with E-state index in [0.717, 1.165) is 37.2 Å². The Labute approximate surface area is 143 Å². The number of amides is 1. The van der Waals surface area contributed by atoms with Gasteiger partial charge in [0.15, 0.2) is 0 Å². The first-order chi connectivity index (χ1) is 11.6. The second-order valence-electron chi connectivity index (χ2n) is 6.42. The van der Waals surface area contributed by atoms with E-state index in [2.05, 4.69) is 33.5 Å². The molecule has 1 N–H and O–H groups in total. The molecule has 2 heterocycles. The second-order valence-corrected chi connectivity index (χ2v) is 6.42. The van der Waals surface area contributed by atoms with E-state index in [-0.39, 0.29) is 5.91 Å². The molecule has 1 aromatic carbocycles. The standard InChI is InChI=1S/C19H24N4O/c1-14-7-8-15(2)17(13-14)22-19-20-10-9-16(21-19)18(24)23-11-5-3-4-6-12-23/h7-10,13H,3-6,11-12H2,1-2H3,(H,20,21,22). The van der Waals surface area contributed by atoms with Crippen molar-refractivity contribution in [2.24, 2.45) is 0 Å². The summed E-state index contributed by atoms with van der Waals surface area (Å²) in [5.41, 5.74) is 3.71. The molecule has 0 unspecified atom stereocenters. The topological polar surface area (TPSA) is 58.1 Å². The molecule has 0 saturated carbocycles. The van der Waals surface area contributed by atoms with Crippen LogP contribution in [0.25, 0.3) is 0 Å². The monoisotopic (exact) mass is 324 g/mol. The molecule has 1 amide bonds. The zero-order chi connectivity index (χ0) is 16.9. The maximum atomic E-state index is 12.7. The normalized spacial score (nSPS) is 15.0. The van der Waals surface area contributed by atoms with Gasteiger partial charge in [0.05, 0.1) is 0 Å². The molecule has 126 valence electrons. The maximum Gasteiger partial charge on any atom is 0.272 e. The van der Waals surface area contributed by atoms with E-state index < -0.39 is 0 Å². The van der Waals surface area contributed by atoms with Crippen LogP contribution < -0.4 is 5.32 Å². The highest BCUT2D eigenvalue weighted by Gasteiger charge is 2.19. The molecule has 1 aromatic heterocycles. The van der Waals surface area contributed by atoms with Gasteiger partial charge >= 0.3 is 0 Å². The molecule has 0 aliphatic carbocycles. The summed E-state index contributed by atoms with van der Waals surface area (Å²) in [6.07, 6.45) is 6.19. The lowest BCUT2D eigenvalue weighted by atomic mass is 10.1. The molecule has 1 fully saturated rings. The van der Waals surface area contributed by atoms with E-state index in [4.69, 9.17) is 0 Å². The Morgan fingerprint density at radius 2 is 1.83 bits per heavy atom. The Balaban J connectivity index is 1.78. The van der Waals surface area contributed by atoms with Gasteiger partial charge in [-0.3, -0.25) is 4.79 Å². The fraction of sp³-hybridized carbons (Fsp3) is 0.421. The first kappa shape index (κ1) is 16.4. The molecule has 0 bridgehead atoms. The number of benzene rings is 1. The average molecular weight is 324 g/mol. The predicted octanol–water partition coefficient (Wildman–Crippen LogP) is 3.85. The van der Waals surface area contributed by atoms with E-state index in [1.807, 2.05) is 18.7 Å². The van der Waals surface area contributed by atoms with Crippen molar-refractivity contribution in [1.82, 2.24) is 14.9 Å². The van der Waals surface area contributed by atoms with Gasteiger partial charge in [-0.25, -0.2) is 9.97 Å². The summed E-state index contributed by atoms with van der Waals surface area (Å²) < 4.78 is 0. The summed E-state index contributed by atoms with van der Waals surface area (Å²) in [6.45, 7) is 5.73. The van der Waals surface area contributed by atoms with Crippen LogP contribution in [0.2, 0.25) is 0 Å². The summed E-state index contributed by atoms with van der Waals surface area (Å²) in [6, 6.07) is 7.88. The molecular weight excluding hydrogens is 300 g/mol. The van der Waals surface area contributed by atoms with Gasteiger partial charge in [0, 0.05) is 25.0 Å². The van der Waals surface area contributed by atoms with Crippen LogP contribution in [0.5, 0.6) is 0 Å². The Kier molecular flexibility index (Phi) is 5.08. The number of aryl methyl sites for hydroxylation is 2. The highest BCUT2D eigenvalue weighted by molar-refractivity contribution is 5.92. The molecule has 1 aliphatic rings. The number of aromatic nitrogens is 2. The zero-order valence-electron chi connectivity index (χ0n) is 14.4. The third kappa shape index (κ3) is 3.91. The number of likely N-dealkylation sites (tertiary alicyclic amines) is 1. The van der Waals surface area contributed by atoms with Gasteiger partial charge in [0.25, 0.3) is 5.91 Å². The summed E-state index contributed by atoms with van der Waals surface area (Å²) in [4.78, 5) is 23.3. The number of hydrogen-bond acceptors (Lipinski definition) is 4. The molecule has 0 spiro atoms. The largest absolute Gasteiger partial charge is 0.337 e. The number of rotatable bonds is 3. The van der Waals surface area contributed by atoms with Crippen LogP contribution in [0.15, 0.2) is 30.5 Å². The van der Waals surface area contributed by atoms with E-state index in [0.29, 0.717) is 11.6 Å². The third-order valence-corrected chi connectivity index (χ3v) is 4.41. The molecule has 1 saturated heterocycles. The summed E-state index contributed by atoms with van der Waals surface area (Å²) in [5.74, 6) is 0.465. The number of nitrogens with one attached hydrogen (secondary N) is 1. The van der Waals surface area contributed by atoms with Crippen molar-refractivity contribution >= 4 is 17.5 Å². The minimum Gasteiger partial charge on any atom is -0.337 e. The van der Waals surface area contributed by atoms with Crippen molar-refractivity contribution in [3.05, 3.63) is 47.3 Å². The van der Waals surface area contributed by atoms with Crippen LogP contribution >= 0.6 is 0 Å². The van der Waals surface area contributed by atoms with Crippen LogP contribution in [0.1, 0.15) is 47.3 Å². The van der Waals surface area contributed by atoms with Crippen molar-refractivity contribution in [3.8, 4) is 0 Å². The lowest BCUT2D eigenvalue weighted by Crippen LogP contribution is -2.32. The Bertz CT molecular complexity index is 721. The van der Waals surface area contributed by atoms with Crippen LogP contribution in [-0.2, 0) is 0 Å². The fourth-order valence-corrected chi connectivity index (χ4v) is 2.96.